The van der Waals surface area contributed by atoms with Gasteiger partial charge in [0.15, 0.2) is 5.82 Å². The molecule has 0 saturated carbocycles. The molecule has 1 N–H and O–H groups in total. The Kier molecular flexibility index (Phi) is 5.45. The molecule has 0 saturated heterocycles. The number of hydrogen-bond donors (Lipinski definition) is 1. The van der Waals surface area contributed by atoms with E-state index in [0.717, 1.165) is 22.5 Å². The summed E-state index contributed by atoms with van der Waals surface area (Å²) in [5.41, 5.74) is 5.31. The maximum Gasteiger partial charge on any atom is 0.161 e. The minimum atomic E-state index is -0.408. The van der Waals surface area contributed by atoms with E-state index in [4.69, 9.17) is 14.7 Å². The molecule has 2 aromatic heterocycles. The molecule has 3 heterocycles. The number of hydrogen-bond acceptors (Lipinski definition) is 5. The lowest BCUT2D eigenvalue weighted by Crippen LogP contribution is -2.22. The largest absolute Gasteiger partial charge is 0.506 e. The van der Waals surface area contributed by atoms with Crippen LogP contribution in [0.3, 0.4) is 0 Å². The van der Waals surface area contributed by atoms with Gasteiger partial charge in [-0.15, -0.1) is 0 Å². The van der Waals surface area contributed by atoms with Crippen LogP contribution in [0.5, 0.6) is 5.75 Å². The summed E-state index contributed by atoms with van der Waals surface area (Å²) in [6.45, 7) is 21.2. The normalized spacial score (nSPS) is 17.0. The third-order valence-corrected chi connectivity index (χ3v) is 6.49. The maximum absolute atomic E-state index is 11.0. The molecule has 1 aromatic carbocycles. The second-order valence-electron chi connectivity index (χ2n) is 12.4. The first-order valence-corrected chi connectivity index (χ1v) is 11.9. The summed E-state index contributed by atoms with van der Waals surface area (Å²) in [6, 6.07) is 9.97. The smallest absolute Gasteiger partial charge is 0.161 e. The molecule has 180 valence electrons. The number of pyridine rings is 1. The monoisotopic (exact) mass is 459 g/mol. The van der Waals surface area contributed by atoms with E-state index < -0.39 is 5.60 Å². The number of benzene rings is 1. The van der Waals surface area contributed by atoms with Crippen molar-refractivity contribution in [2.75, 3.05) is 0 Å². The molecular weight excluding hydrogens is 422 g/mol. The zero-order valence-corrected chi connectivity index (χ0v) is 22.2. The number of ether oxygens (including phenoxy) is 1. The van der Waals surface area contributed by atoms with E-state index in [9.17, 15) is 5.11 Å². The summed E-state index contributed by atoms with van der Waals surface area (Å²) in [5.74, 6) is 0.687. The van der Waals surface area contributed by atoms with Crippen LogP contribution >= 0.6 is 0 Å². The fourth-order valence-corrected chi connectivity index (χ4v) is 4.61. The lowest BCUT2D eigenvalue weighted by Gasteiger charge is -2.24. The van der Waals surface area contributed by atoms with Crippen LogP contribution in [-0.4, -0.2) is 20.1 Å². The van der Waals surface area contributed by atoms with Crippen LogP contribution in [0, 0.1) is 0 Å². The topological polar surface area (TPSA) is 68.1 Å². The summed E-state index contributed by atoms with van der Waals surface area (Å²) in [4.78, 5) is 14.3. The molecule has 5 heteroatoms. The molecule has 0 unspecified atom stereocenters. The fraction of sp³-hybridized carbons (Fsp3) is 0.483. The van der Waals surface area contributed by atoms with Gasteiger partial charge < -0.3 is 9.84 Å². The van der Waals surface area contributed by atoms with Gasteiger partial charge in [-0.3, -0.25) is 4.98 Å². The van der Waals surface area contributed by atoms with Gasteiger partial charge in [0.25, 0.3) is 0 Å². The lowest BCUT2D eigenvalue weighted by molar-refractivity contribution is -0.105. The first-order valence-electron chi connectivity index (χ1n) is 11.9. The summed E-state index contributed by atoms with van der Waals surface area (Å²) in [5, 5.41) is 11.0. The first kappa shape index (κ1) is 24.3. The number of aromatic hydroxyl groups is 1. The fourth-order valence-electron chi connectivity index (χ4n) is 4.61. The highest BCUT2D eigenvalue weighted by Crippen LogP contribution is 2.48. The SMILES string of the molecule is CC(C)(C)c1cc(C(C)(C)C)nc(-c2cnc(-c3ccc4c(c3)C(C)(C)OC4(C)C)c(O)c2)n1. The van der Waals surface area contributed by atoms with Crippen LogP contribution in [0.2, 0.25) is 0 Å². The average molecular weight is 460 g/mol. The maximum atomic E-state index is 11.0. The van der Waals surface area contributed by atoms with Gasteiger partial charge in [0.1, 0.15) is 11.4 Å². The van der Waals surface area contributed by atoms with Crippen molar-refractivity contribution in [3.05, 3.63) is 59.0 Å². The zero-order valence-electron chi connectivity index (χ0n) is 22.2. The molecule has 0 bridgehead atoms. The van der Waals surface area contributed by atoms with Gasteiger partial charge >= 0.3 is 0 Å². The van der Waals surface area contributed by atoms with E-state index >= 15 is 0 Å². The Bertz CT molecular complexity index is 1230. The van der Waals surface area contributed by atoms with Crippen LogP contribution in [-0.2, 0) is 26.8 Å². The van der Waals surface area contributed by atoms with Crippen LogP contribution in [0.4, 0.5) is 0 Å². The summed E-state index contributed by atoms with van der Waals surface area (Å²) in [7, 11) is 0. The van der Waals surface area contributed by atoms with Crippen molar-refractivity contribution in [3.63, 3.8) is 0 Å². The number of aromatic nitrogens is 3. The van der Waals surface area contributed by atoms with Crippen LogP contribution < -0.4 is 0 Å². The van der Waals surface area contributed by atoms with Crippen molar-refractivity contribution < 1.29 is 9.84 Å². The Morgan fingerprint density at radius 2 is 1.29 bits per heavy atom. The van der Waals surface area contributed by atoms with Gasteiger partial charge in [0.2, 0.25) is 0 Å². The molecule has 5 nitrogen and oxygen atoms in total. The highest BCUT2D eigenvalue weighted by Gasteiger charge is 2.43. The van der Waals surface area contributed by atoms with Crippen LogP contribution in [0.1, 0.15) is 91.8 Å². The van der Waals surface area contributed by atoms with Crippen molar-refractivity contribution >= 4 is 0 Å². The predicted molar refractivity (Wildman–Crippen MR) is 137 cm³/mol. The Hall–Kier alpha value is -2.79. The molecule has 4 rings (SSSR count). The summed E-state index contributed by atoms with van der Waals surface area (Å²) < 4.78 is 6.28. The Morgan fingerprint density at radius 1 is 0.735 bits per heavy atom. The molecule has 0 spiro atoms. The van der Waals surface area contributed by atoms with Crippen LogP contribution in [0.15, 0.2) is 36.5 Å². The minimum absolute atomic E-state index is 0.107. The predicted octanol–water partition coefficient (Wildman–Crippen LogP) is 7.01. The minimum Gasteiger partial charge on any atom is -0.506 e. The zero-order chi connectivity index (χ0) is 25.3. The van der Waals surface area contributed by atoms with E-state index in [2.05, 4.69) is 92.4 Å². The number of nitrogens with zero attached hydrogens (tertiary/aromatic N) is 3. The number of fused-ring (bicyclic) bond motifs is 1. The Morgan fingerprint density at radius 3 is 1.82 bits per heavy atom. The van der Waals surface area contributed by atoms with Gasteiger partial charge in [0.05, 0.1) is 22.6 Å². The Balaban J connectivity index is 1.79. The third kappa shape index (κ3) is 4.34. The lowest BCUT2D eigenvalue weighted by atomic mass is 9.86. The molecule has 0 amide bonds. The number of rotatable bonds is 2. The quantitative estimate of drug-likeness (QED) is 0.446. The third-order valence-electron chi connectivity index (χ3n) is 6.49. The molecule has 34 heavy (non-hydrogen) atoms. The second kappa shape index (κ2) is 7.61. The molecule has 0 atom stereocenters. The standard InChI is InChI=1S/C29H37N3O2/c1-26(2,3)22-15-23(27(4,5)6)32-25(31-22)18-14-21(33)24(30-16-18)17-11-12-19-20(13-17)29(9,10)34-28(19,7)8/h11-16,33H,1-10H3. The van der Waals surface area contributed by atoms with Crippen molar-refractivity contribution in [1.82, 2.24) is 15.0 Å². The van der Waals surface area contributed by atoms with Crippen molar-refractivity contribution in [2.24, 2.45) is 0 Å². The summed E-state index contributed by atoms with van der Waals surface area (Å²) in [6.07, 6.45) is 1.75. The van der Waals surface area contributed by atoms with E-state index in [-0.39, 0.29) is 22.2 Å². The van der Waals surface area contributed by atoms with Crippen molar-refractivity contribution in [2.45, 2.75) is 91.3 Å². The molecule has 0 radical (unpaired) electrons. The van der Waals surface area contributed by atoms with E-state index in [0.29, 0.717) is 17.1 Å². The highest BCUT2D eigenvalue weighted by molar-refractivity contribution is 5.71. The van der Waals surface area contributed by atoms with Crippen molar-refractivity contribution in [1.29, 1.82) is 0 Å². The van der Waals surface area contributed by atoms with Crippen molar-refractivity contribution in [3.8, 4) is 28.4 Å². The molecule has 1 aliphatic rings. The van der Waals surface area contributed by atoms with Gasteiger partial charge in [-0.05, 0) is 57.0 Å². The first-order chi connectivity index (χ1) is 15.5. The molecule has 0 aliphatic carbocycles. The molecule has 1 aliphatic heterocycles. The average Bonchev–Trinajstić information content (AvgIpc) is 2.89. The van der Waals surface area contributed by atoms with Gasteiger partial charge in [-0.25, -0.2) is 9.97 Å². The van der Waals surface area contributed by atoms with E-state index in [1.54, 1.807) is 12.3 Å². The van der Waals surface area contributed by atoms with Crippen LogP contribution in [0.25, 0.3) is 22.6 Å². The molecule has 0 fully saturated rings. The second-order valence-corrected chi connectivity index (χ2v) is 12.4. The van der Waals surface area contributed by atoms with E-state index in [1.807, 2.05) is 6.07 Å². The molecular formula is C29H37N3O2. The Labute approximate surface area is 203 Å². The highest BCUT2D eigenvalue weighted by atomic mass is 16.5. The van der Waals surface area contributed by atoms with E-state index in [1.165, 1.54) is 5.56 Å². The van der Waals surface area contributed by atoms with Gasteiger partial charge in [0, 0.05) is 28.2 Å². The summed E-state index contributed by atoms with van der Waals surface area (Å²) >= 11 is 0. The molecule has 3 aromatic rings. The van der Waals surface area contributed by atoms with Gasteiger partial charge in [-0.2, -0.15) is 0 Å². The van der Waals surface area contributed by atoms with Gasteiger partial charge in [-0.1, -0.05) is 53.7 Å².